The minimum absolute atomic E-state index is 0.208. The predicted molar refractivity (Wildman–Crippen MR) is 70.4 cm³/mol. The second-order valence-electron chi connectivity index (χ2n) is 4.91. The second-order valence-corrected chi connectivity index (χ2v) is 4.91. The molecule has 5 nitrogen and oxygen atoms in total. The van der Waals surface area contributed by atoms with E-state index in [4.69, 9.17) is 4.74 Å². The third kappa shape index (κ3) is 2.93. The lowest BCUT2D eigenvalue weighted by atomic mass is 9.99. The second kappa shape index (κ2) is 5.40. The molecule has 1 atom stereocenters. The molecule has 1 aromatic rings. The number of rotatable bonds is 5. The Balaban J connectivity index is 1.80. The summed E-state index contributed by atoms with van der Waals surface area (Å²) in [6.45, 7) is 2.66. The number of carbonyl (C=O) groups is 2. The molecule has 2 rings (SSSR count). The highest BCUT2D eigenvalue weighted by atomic mass is 16.5. The zero-order valence-electron chi connectivity index (χ0n) is 11.2. The quantitative estimate of drug-likeness (QED) is 0.646. The van der Waals surface area contributed by atoms with Gasteiger partial charge in [0.25, 0.3) is 5.91 Å². The first kappa shape index (κ1) is 13.5. The van der Waals surface area contributed by atoms with Crippen LogP contribution in [0.2, 0.25) is 0 Å². The van der Waals surface area contributed by atoms with Gasteiger partial charge in [-0.05, 0) is 12.5 Å². The average molecular weight is 262 g/mol. The summed E-state index contributed by atoms with van der Waals surface area (Å²) in [4.78, 5) is 24.4. The molecule has 102 valence electrons. The topological polar surface area (TPSA) is 58.6 Å². The summed E-state index contributed by atoms with van der Waals surface area (Å²) >= 11 is 0. The normalized spacial score (nSPS) is 22.7. The van der Waals surface area contributed by atoms with Gasteiger partial charge in [-0.1, -0.05) is 30.3 Å². The summed E-state index contributed by atoms with van der Waals surface area (Å²) in [5.41, 5.74) is 0.245. The third-order valence-corrected chi connectivity index (χ3v) is 3.32. The molecular formula is C14H18N2O3. The van der Waals surface area contributed by atoms with Crippen LogP contribution in [-0.4, -0.2) is 36.0 Å². The Kier molecular flexibility index (Phi) is 3.85. The number of amides is 3. The molecule has 0 spiro atoms. The van der Waals surface area contributed by atoms with E-state index < -0.39 is 5.54 Å². The van der Waals surface area contributed by atoms with Gasteiger partial charge in [0.05, 0.1) is 6.61 Å². The fourth-order valence-electron chi connectivity index (χ4n) is 2.05. The summed E-state index contributed by atoms with van der Waals surface area (Å²) in [6, 6.07) is 9.48. The number of likely N-dealkylation sites (N-methyl/N-ethyl adjacent to an activating group) is 1. The van der Waals surface area contributed by atoms with E-state index in [0.29, 0.717) is 19.6 Å². The number of nitrogens with one attached hydrogen (secondary N) is 1. The molecule has 0 saturated carbocycles. The maximum Gasteiger partial charge on any atom is 0.324 e. The Labute approximate surface area is 112 Å². The monoisotopic (exact) mass is 262 g/mol. The summed E-state index contributed by atoms with van der Waals surface area (Å²) in [7, 11) is 1.48. The van der Waals surface area contributed by atoms with Crippen molar-refractivity contribution in [2.24, 2.45) is 0 Å². The number of ether oxygens (including phenoxy) is 1. The maximum atomic E-state index is 11.9. The Hall–Kier alpha value is -1.88. The lowest BCUT2D eigenvalue weighted by Gasteiger charge is -2.20. The molecule has 1 fully saturated rings. The van der Waals surface area contributed by atoms with E-state index in [2.05, 4.69) is 5.32 Å². The Morgan fingerprint density at radius 3 is 2.53 bits per heavy atom. The van der Waals surface area contributed by atoms with Gasteiger partial charge in [0.2, 0.25) is 0 Å². The van der Waals surface area contributed by atoms with E-state index in [1.165, 1.54) is 7.05 Å². The lowest BCUT2D eigenvalue weighted by Crippen LogP contribution is -2.44. The summed E-state index contributed by atoms with van der Waals surface area (Å²) < 4.78 is 5.54. The molecule has 0 radical (unpaired) electrons. The van der Waals surface area contributed by atoms with Crippen LogP contribution < -0.4 is 5.32 Å². The molecule has 0 aliphatic carbocycles. The van der Waals surface area contributed by atoms with Crippen LogP contribution in [0.15, 0.2) is 30.3 Å². The van der Waals surface area contributed by atoms with Crippen LogP contribution in [0.1, 0.15) is 18.9 Å². The van der Waals surface area contributed by atoms with Crippen molar-refractivity contribution in [2.75, 3.05) is 13.7 Å². The first-order valence-corrected chi connectivity index (χ1v) is 6.25. The lowest BCUT2D eigenvalue weighted by molar-refractivity contribution is -0.130. The molecule has 0 bridgehead atoms. The van der Waals surface area contributed by atoms with E-state index in [1.54, 1.807) is 6.92 Å². The molecule has 19 heavy (non-hydrogen) atoms. The molecule has 1 N–H and O–H groups in total. The molecule has 1 aliphatic rings. The molecule has 1 aliphatic heterocycles. The molecule has 3 amide bonds. The highest BCUT2D eigenvalue weighted by Crippen LogP contribution is 2.20. The van der Waals surface area contributed by atoms with E-state index >= 15 is 0 Å². The van der Waals surface area contributed by atoms with Crippen molar-refractivity contribution in [1.82, 2.24) is 10.2 Å². The van der Waals surface area contributed by atoms with Crippen molar-refractivity contribution >= 4 is 11.9 Å². The van der Waals surface area contributed by atoms with Crippen LogP contribution in [0.4, 0.5) is 4.79 Å². The fourth-order valence-corrected chi connectivity index (χ4v) is 2.05. The summed E-state index contributed by atoms with van der Waals surface area (Å²) in [5, 5.41) is 2.69. The van der Waals surface area contributed by atoms with Gasteiger partial charge >= 0.3 is 6.03 Å². The zero-order chi connectivity index (χ0) is 13.9. The number of hydrogen-bond acceptors (Lipinski definition) is 3. The molecule has 0 aromatic heterocycles. The van der Waals surface area contributed by atoms with Crippen LogP contribution >= 0.6 is 0 Å². The smallest absolute Gasteiger partial charge is 0.324 e. The number of hydrogen-bond donors (Lipinski definition) is 1. The van der Waals surface area contributed by atoms with Crippen molar-refractivity contribution < 1.29 is 14.3 Å². The largest absolute Gasteiger partial charge is 0.377 e. The minimum Gasteiger partial charge on any atom is -0.377 e. The van der Waals surface area contributed by atoms with Crippen molar-refractivity contribution in [1.29, 1.82) is 0 Å². The van der Waals surface area contributed by atoms with Crippen molar-refractivity contribution in [3.05, 3.63) is 35.9 Å². The standard InChI is InChI=1S/C14H18N2O3/c1-14(12(17)16(2)13(18)15-14)8-9-19-10-11-6-4-3-5-7-11/h3-7H,8-10H2,1-2H3,(H,15,18)/t14-/m0/s1. The Bertz CT molecular complexity index is 475. The van der Waals surface area contributed by atoms with E-state index in [-0.39, 0.29) is 11.9 Å². The number of urea groups is 1. The molecule has 1 aromatic carbocycles. The van der Waals surface area contributed by atoms with Gasteiger partial charge in [0.1, 0.15) is 5.54 Å². The van der Waals surface area contributed by atoms with E-state index in [1.807, 2.05) is 30.3 Å². The van der Waals surface area contributed by atoms with Gasteiger partial charge in [-0.3, -0.25) is 9.69 Å². The van der Waals surface area contributed by atoms with Crippen molar-refractivity contribution in [3.8, 4) is 0 Å². The van der Waals surface area contributed by atoms with Crippen molar-refractivity contribution in [2.45, 2.75) is 25.5 Å². The third-order valence-electron chi connectivity index (χ3n) is 3.32. The molecule has 1 heterocycles. The maximum absolute atomic E-state index is 11.9. The zero-order valence-corrected chi connectivity index (χ0v) is 11.2. The van der Waals surface area contributed by atoms with E-state index in [9.17, 15) is 9.59 Å². The Morgan fingerprint density at radius 2 is 1.95 bits per heavy atom. The first-order valence-electron chi connectivity index (χ1n) is 6.25. The number of nitrogens with zero attached hydrogens (tertiary/aromatic N) is 1. The number of imide groups is 1. The van der Waals surface area contributed by atoms with Gasteiger partial charge < -0.3 is 10.1 Å². The predicted octanol–water partition coefficient (Wildman–Crippen LogP) is 1.53. The average Bonchev–Trinajstić information content (AvgIpc) is 2.60. The van der Waals surface area contributed by atoms with Crippen LogP contribution in [-0.2, 0) is 16.1 Å². The van der Waals surface area contributed by atoms with Gasteiger partial charge in [-0.15, -0.1) is 0 Å². The van der Waals surface area contributed by atoms with Crippen LogP contribution in [0.3, 0.4) is 0 Å². The number of carbonyl (C=O) groups excluding carboxylic acids is 2. The molecule has 1 saturated heterocycles. The minimum atomic E-state index is -0.845. The van der Waals surface area contributed by atoms with Crippen molar-refractivity contribution in [3.63, 3.8) is 0 Å². The van der Waals surface area contributed by atoms with Crippen LogP contribution in [0.5, 0.6) is 0 Å². The summed E-state index contributed by atoms with van der Waals surface area (Å²) in [6.07, 6.45) is 0.467. The van der Waals surface area contributed by atoms with Gasteiger partial charge in [0, 0.05) is 20.1 Å². The van der Waals surface area contributed by atoms with Crippen LogP contribution in [0.25, 0.3) is 0 Å². The summed E-state index contributed by atoms with van der Waals surface area (Å²) in [5.74, 6) is -0.208. The number of benzene rings is 1. The Morgan fingerprint density at radius 1 is 1.26 bits per heavy atom. The molecular weight excluding hydrogens is 244 g/mol. The van der Waals surface area contributed by atoms with E-state index in [0.717, 1.165) is 10.5 Å². The highest BCUT2D eigenvalue weighted by Gasteiger charge is 2.45. The highest BCUT2D eigenvalue weighted by molar-refractivity contribution is 6.06. The van der Waals surface area contributed by atoms with Crippen LogP contribution in [0, 0.1) is 0 Å². The van der Waals surface area contributed by atoms with Gasteiger partial charge in [-0.2, -0.15) is 0 Å². The molecule has 5 heteroatoms. The van der Waals surface area contributed by atoms with Gasteiger partial charge in [0.15, 0.2) is 0 Å². The van der Waals surface area contributed by atoms with Gasteiger partial charge in [-0.25, -0.2) is 4.79 Å². The first-order chi connectivity index (χ1) is 9.03. The SMILES string of the molecule is CN1C(=O)N[C@@](C)(CCOCc2ccccc2)C1=O. The fraction of sp³-hybridized carbons (Fsp3) is 0.429. The molecule has 0 unspecified atom stereocenters.